The van der Waals surface area contributed by atoms with E-state index >= 15 is 0 Å². The molecule has 35 heavy (non-hydrogen) atoms. The van der Waals surface area contributed by atoms with Crippen molar-refractivity contribution in [3.05, 3.63) is 83.9 Å². The summed E-state index contributed by atoms with van der Waals surface area (Å²) in [5.41, 5.74) is 2.45. The van der Waals surface area contributed by atoms with Crippen molar-refractivity contribution in [2.45, 2.75) is 0 Å². The lowest BCUT2D eigenvalue weighted by Gasteiger charge is -2.29. The van der Waals surface area contributed by atoms with Gasteiger partial charge in [-0.3, -0.25) is 24.1 Å². The van der Waals surface area contributed by atoms with Crippen LogP contribution < -0.4 is 20.3 Å². The first-order valence-corrected chi connectivity index (χ1v) is 10.9. The van der Waals surface area contributed by atoms with Crippen LogP contribution in [0.1, 0.15) is 20.7 Å². The minimum absolute atomic E-state index is 0.0765. The van der Waals surface area contributed by atoms with E-state index in [1.165, 1.54) is 9.80 Å². The molecule has 0 radical (unpaired) electrons. The molecule has 3 aromatic rings. The maximum atomic E-state index is 13.1. The van der Waals surface area contributed by atoms with Gasteiger partial charge in [0.2, 0.25) is 5.91 Å². The van der Waals surface area contributed by atoms with E-state index in [2.05, 4.69) is 10.6 Å². The second-order valence-corrected chi connectivity index (χ2v) is 8.09. The molecule has 1 aliphatic rings. The van der Waals surface area contributed by atoms with Crippen molar-refractivity contribution in [1.29, 1.82) is 0 Å². The van der Waals surface area contributed by atoms with Gasteiger partial charge in [-0.2, -0.15) is 0 Å². The van der Waals surface area contributed by atoms with Gasteiger partial charge in [0.05, 0.1) is 11.4 Å². The van der Waals surface area contributed by atoms with Gasteiger partial charge in [-0.1, -0.05) is 18.2 Å². The van der Waals surface area contributed by atoms with Gasteiger partial charge in [0, 0.05) is 30.9 Å². The number of amides is 4. The fourth-order valence-electron chi connectivity index (χ4n) is 3.47. The summed E-state index contributed by atoms with van der Waals surface area (Å²) in [4.78, 5) is 52.3. The average Bonchev–Trinajstić information content (AvgIpc) is 2.86. The molecular formula is C26H24N4O5. The average molecular weight is 473 g/mol. The number of fused-ring (bicyclic) bond motifs is 1. The Bertz CT molecular complexity index is 1290. The van der Waals surface area contributed by atoms with Gasteiger partial charge in [-0.05, 0) is 54.6 Å². The minimum Gasteiger partial charge on any atom is -0.484 e. The molecular weight excluding hydrogens is 448 g/mol. The van der Waals surface area contributed by atoms with Gasteiger partial charge in [-0.25, -0.2) is 0 Å². The van der Waals surface area contributed by atoms with E-state index in [9.17, 15) is 19.2 Å². The summed E-state index contributed by atoms with van der Waals surface area (Å²) >= 11 is 0. The van der Waals surface area contributed by atoms with Gasteiger partial charge >= 0.3 is 0 Å². The topological polar surface area (TPSA) is 108 Å². The van der Waals surface area contributed by atoms with Crippen molar-refractivity contribution in [2.24, 2.45) is 0 Å². The first-order valence-electron chi connectivity index (χ1n) is 10.9. The molecule has 0 bridgehead atoms. The van der Waals surface area contributed by atoms with Crippen molar-refractivity contribution in [1.82, 2.24) is 4.90 Å². The van der Waals surface area contributed by atoms with E-state index in [0.29, 0.717) is 33.9 Å². The summed E-state index contributed by atoms with van der Waals surface area (Å²) in [6.07, 6.45) is 0. The smallest absolute Gasteiger partial charge is 0.259 e. The fraction of sp³-hybridized carbons (Fsp3) is 0.154. The molecule has 0 aliphatic carbocycles. The van der Waals surface area contributed by atoms with Crippen LogP contribution >= 0.6 is 0 Å². The molecule has 0 saturated heterocycles. The van der Waals surface area contributed by atoms with Crippen LogP contribution in [0.15, 0.2) is 72.8 Å². The highest BCUT2D eigenvalue weighted by Crippen LogP contribution is 2.30. The number of anilines is 3. The van der Waals surface area contributed by atoms with Crippen LogP contribution in [0.2, 0.25) is 0 Å². The number of hydrogen-bond donors (Lipinski definition) is 2. The van der Waals surface area contributed by atoms with Crippen LogP contribution in [0.3, 0.4) is 0 Å². The van der Waals surface area contributed by atoms with Crippen molar-refractivity contribution < 1.29 is 23.9 Å². The quantitative estimate of drug-likeness (QED) is 0.574. The molecule has 9 nitrogen and oxygen atoms in total. The molecule has 9 heteroatoms. The Balaban J connectivity index is 1.42. The number of carbonyl (C=O) groups is 4. The van der Waals surface area contributed by atoms with Crippen molar-refractivity contribution in [3.63, 3.8) is 0 Å². The number of benzene rings is 3. The monoisotopic (exact) mass is 472 g/mol. The molecule has 0 fully saturated rings. The first kappa shape index (κ1) is 23.5. The van der Waals surface area contributed by atoms with Crippen molar-refractivity contribution in [3.8, 4) is 5.75 Å². The zero-order valence-electron chi connectivity index (χ0n) is 19.3. The SMILES string of the molecule is CN(C)C(=O)COc1cccc(C(=O)Nc2ccc(C(=O)N3CC(=O)Nc4ccccc43)cc2)c1. The third kappa shape index (κ3) is 5.47. The normalized spacial score (nSPS) is 12.3. The second kappa shape index (κ2) is 10.1. The Hall–Kier alpha value is -4.66. The lowest BCUT2D eigenvalue weighted by atomic mass is 10.1. The van der Waals surface area contributed by atoms with Gasteiger partial charge in [0.25, 0.3) is 17.7 Å². The number of hydrogen-bond acceptors (Lipinski definition) is 5. The number of carbonyl (C=O) groups excluding carboxylic acids is 4. The number of ether oxygens (including phenoxy) is 1. The zero-order chi connectivity index (χ0) is 24.9. The number of likely N-dealkylation sites (N-methyl/N-ethyl adjacent to an activating group) is 1. The summed E-state index contributed by atoms with van der Waals surface area (Å²) in [5, 5.41) is 5.53. The molecule has 3 aromatic carbocycles. The number of rotatable bonds is 6. The summed E-state index contributed by atoms with van der Waals surface area (Å²) in [5.74, 6) is -0.738. The van der Waals surface area contributed by atoms with Crippen LogP contribution in [0, 0.1) is 0 Å². The summed E-state index contributed by atoms with van der Waals surface area (Å²) in [7, 11) is 3.27. The van der Waals surface area contributed by atoms with Gasteiger partial charge in [0.15, 0.2) is 6.61 Å². The third-order valence-corrected chi connectivity index (χ3v) is 5.36. The molecule has 2 N–H and O–H groups in total. The first-order chi connectivity index (χ1) is 16.8. The Kier molecular flexibility index (Phi) is 6.77. The number of para-hydroxylation sites is 2. The molecule has 4 amide bonds. The van der Waals surface area contributed by atoms with E-state index in [1.54, 1.807) is 86.9 Å². The highest BCUT2D eigenvalue weighted by molar-refractivity contribution is 6.15. The van der Waals surface area contributed by atoms with Crippen molar-refractivity contribution in [2.75, 3.05) is 42.8 Å². The Morgan fingerprint density at radius 2 is 1.71 bits per heavy atom. The van der Waals surface area contributed by atoms with Crippen LogP contribution in [0.5, 0.6) is 5.75 Å². The molecule has 1 heterocycles. The van der Waals surface area contributed by atoms with E-state index < -0.39 is 0 Å². The van der Waals surface area contributed by atoms with Gasteiger partial charge in [-0.15, -0.1) is 0 Å². The predicted molar refractivity (Wildman–Crippen MR) is 132 cm³/mol. The lowest BCUT2D eigenvalue weighted by Crippen LogP contribution is -2.42. The van der Waals surface area contributed by atoms with Gasteiger partial charge < -0.3 is 20.3 Å². The molecule has 0 atom stereocenters. The van der Waals surface area contributed by atoms with E-state index in [0.717, 1.165) is 0 Å². The van der Waals surface area contributed by atoms with Crippen molar-refractivity contribution >= 4 is 40.7 Å². The van der Waals surface area contributed by atoms with E-state index in [-0.39, 0.29) is 36.8 Å². The Labute approximate surface area is 202 Å². The number of nitrogens with one attached hydrogen (secondary N) is 2. The van der Waals surface area contributed by atoms with E-state index in [1.807, 2.05) is 0 Å². The standard InChI is InChI=1S/C26H24N4O5/c1-29(2)24(32)16-35-20-7-5-6-18(14-20)25(33)27-19-12-10-17(11-13-19)26(34)30-15-23(31)28-21-8-3-4-9-22(21)30/h3-14H,15-16H2,1-2H3,(H,27,33)(H,28,31). The zero-order valence-corrected chi connectivity index (χ0v) is 19.3. The van der Waals surface area contributed by atoms with Crippen LogP contribution in [-0.4, -0.2) is 55.8 Å². The Morgan fingerprint density at radius 1 is 0.971 bits per heavy atom. The fourth-order valence-corrected chi connectivity index (χ4v) is 3.47. The molecule has 0 saturated carbocycles. The molecule has 0 spiro atoms. The van der Waals surface area contributed by atoms with E-state index in [4.69, 9.17) is 4.74 Å². The van der Waals surface area contributed by atoms with Gasteiger partial charge in [0.1, 0.15) is 12.3 Å². The molecule has 4 rings (SSSR count). The Morgan fingerprint density at radius 3 is 2.46 bits per heavy atom. The highest BCUT2D eigenvalue weighted by Gasteiger charge is 2.27. The molecule has 178 valence electrons. The minimum atomic E-state index is -0.366. The highest BCUT2D eigenvalue weighted by atomic mass is 16.5. The predicted octanol–water partition coefficient (Wildman–Crippen LogP) is 3.00. The molecule has 0 aromatic heterocycles. The second-order valence-electron chi connectivity index (χ2n) is 8.09. The van der Waals surface area contributed by atoms with Crippen LogP contribution in [0.25, 0.3) is 0 Å². The summed E-state index contributed by atoms with van der Waals surface area (Å²) in [6.45, 7) is -0.205. The maximum absolute atomic E-state index is 13.1. The maximum Gasteiger partial charge on any atom is 0.259 e. The summed E-state index contributed by atoms with van der Waals surface area (Å²) in [6, 6.07) is 20.1. The largest absolute Gasteiger partial charge is 0.484 e. The van der Waals surface area contributed by atoms with Crippen LogP contribution in [0.4, 0.5) is 17.1 Å². The third-order valence-electron chi connectivity index (χ3n) is 5.36. The van der Waals surface area contributed by atoms with Crippen LogP contribution in [-0.2, 0) is 9.59 Å². The molecule has 0 unspecified atom stereocenters. The number of nitrogens with zero attached hydrogens (tertiary/aromatic N) is 2. The lowest BCUT2D eigenvalue weighted by molar-refractivity contribution is -0.130. The summed E-state index contributed by atoms with van der Waals surface area (Å²) < 4.78 is 5.46. The molecule has 1 aliphatic heterocycles.